The molecule has 0 bridgehead atoms. The molecular weight excluding hydrogens is 236 g/mol. The van der Waals surface area contributed by atoms with Crippen LogP contribution >= 0.6 is 11.6 Å². The van der Waals surface area contributed by atoms with Gasteiger partial charge in [0.25, 0.3) is 0 Å². The maximum Gasteiger partial charge on any atom is 0.134 e. The SMILES string of the molecule is Oc1ccc(CNCc2cccnc2)cc1Cl. The van der Waals surface area contributed by atoms with Gasteiger partial charge in [0, 0.05) is 25.5 Å². The summed E-state index contributed by atoms with van der Waals surface area (Å²) in [4.78, 5) is 4.04. The zero-order valence-corrected chi connectivity index (χ0v) is 9.98. The molecule has 0 fully saturated rings. The first-order chi connectivity index (χ1) is 8.25. The lowest BCUT2D eigenvalue weighted by Gasteiger charge is -2.06. The molecule has 0 saturated carbocycles. The molecule has 0 atom stereocenters. The number of benzene rings is 1. The Hall–Kier alpha value is -1.58. The number of nitrogens with one attached hydrogen (secondary N) is 1. The number of halogens is 1. The van der Waals surface area contributed by atoms with E-state index >= 15 is 0 Å². The molecule has 0 aliphatic rings. The summed E-state index contributed by atoms with van der Waals surface area (Å²) in [5.74, 6) is 0.114. The molecule has 1 heterocycles. The summed E-state index contributed by atoms with van der Waals surface area (Å²) in [6.07, 6.45) is 3.58. The van der Waals surface area contributed by atoms with Gasteiger partial charge in [-0.25, -0.2) is 0 Å². The molecule has 0 radical (unpaired) electrons. The van der Waals surface area contributed by atoms with E-state index in [1.54, 1.807) is 18.3 Å². The quantitative estimate of drug-likeness (QED) is 0.875. The standard InChI is InChI=1S/C13H13ClN2O/c14-12-6-10(3-4-13(12)17)7-16-9-11-2-1-5-15-8-11/h1-6,8,16-17H,7,9H2. The van der Waals surface area contributed by atoms with E-state index in [0.29, 0.717) is 11.6 Å². The molecule has 17 heavy (non-hydrogen) atoms. The third-order valence-corrected chi connectivity index (χ3v) is 2.70. The van der Waals surface area contributed by atoms with E-state index in [-0.39, 0.29) is 5.75 Å². The zero-order chi connectivity index (χ0) is 12.1. The van der Waals surface area contributed by atoms with Crippen LogP contribution in [-0.4, -0.2) is 10.1 Å². The topological polar surface area (TPSA) is 45.1 Å². The Balaban J connectivity index is 1.88. The van der Waals surface area contributed by atoms with Crippen LogP contribution in [0.4, 0.5) is 0 Å². The zero-order valence-electron chi connectivity index (χ0n) is 9.23. The van der Waals surface area contributed by atoms with Crippen molar-refractivity contribution in [2.24, 2.45) is 0 Å². The number of aromatic nitrogens is 1. The molecule has 0 aliphatic heterocycles. The van der Waals surface area contributed by atoms with Crippen LogP contribution in [0.15, 0.2) is 42.7 Å². The molecule has 3 nitrogen and oxygen atoms in total. The number of phenolic OH excluding ortho intramolecular Hbond substituents is 1. The minimum atomic E-state index is 0.114. The van der Waals surface area contributed by atoms with Crippen LogP contribution in [0, 0.1) is 0 Å². The van der Waals surface area contributed by atoms with E-state index < -0.39 is 0 Å². The predicted octanol–water partition coefficient (Wildman–Crippen LogP) is 2.73. The minimum absolute atomic E-state index is 0.114. The fourth-order valence-electron chi connectivity index (χ4n) is 1.51. The third-order valence-electron chi connectivity index (χ3n) is 2.39. The Labute approximate surface area is 105 Å². The van der Waals surface area contributed by atoms with Crippen molar-refractivity contribution in [2.45, 2.75) is 13.1 Å². The largest absolute Gasteiger partial charge is 0.506 e. The second-order valence-electron chi connectivity index (χ2n) is 3.75. The van der Waals surface area contributed by atoms with Crippen molar-refractivity contribution in [3.63, 3.8) is 0 Å². The molecule has 2 N–H and O–H groups in total. The second-order valence-corrected chi connectivity index (χ2v) is 4.16. The summed E-state index contributed by atoms with van der Waals surface area (Å²) in [5, 5.41) is 13.0. The van der Waals surface area contributed by atoms with E-state index in [2.05, 4.69) is 10.3 Å². The first-order valence-corrected chi connectivity index (χ1v) is 5.70. The van der Waals surface area contributed by atoms with Gasteiger partial charge >= 0.3 is 0 Å². The molecule has 2 rings (SSSR count). The smallest absolute Gasteiger partial charge is 0.134 e. The van der Waals surface area contributed by atoms with Gasteiger partial charge in [-0.15, -0.1) is 0 Å². The van der Waals surface area contributed by atoms with E-state index in [1.807, 2.05) is 24.4 Å². The molecule has 88 valence electrons. The summed E-state index contributed by atoms with van der Waals surface area (Å²) in [6.45, 7) is 1.46. The highest BCUT2D eigenvalue weighted by molar-refractivity contribution is 6.32. The maximum absolute atomic E-state index is 9.29. The van der Waals surface area contributed by atoms with Gasteiger partial charge in [-0.3, -0.25) is 4.98 Å². The lowest BCUT2D eigenvalue weighted by molar-refractivity contribution is 0.475. The van der Waals surface area contributed by atoms with E-state index in [4.69, 9.17) is 11.6 Å². The van der Waals surface area contributed by atoms with Crippen molar-refractivity contribution in [1.29, 1.82) is 0 Å². The fourth-order valence-corrected chi connectivity index (χ4v) is 1.72. The number of pyridine rings is 1. The molecule has 1 aromatic heterocycles. The van der Waals surface area contributed by atoms with Crippen LogP contribution < -0.4 is 5.32 Å². The average molecular weight is 249 g/mol. The molecule has 1 aromatic carbocycles. The molecule has 0 spiro atoms. The van der Waals surface area contributed by atoms with Gasteiger partial charge < -0.3 is 10.4 Å². The van der Waals surface area contributed by atoms with Gasteiger partial charge in [0.15, 0.2) is 0 Å². The van der Waals surface area contributed by atoms with Crippen molar-refractivity contribution in [2.75, 3.05) is 0 Å². The third kappa shape index (κ3) is 3.44. The van der Waals surface area contributed by atoms with Gasteiger partial charge in [-0.05, 0) is 29.3 Å². The van der Waals surface area contributed by atoms with Crippen molar-refractivity contribution < 1.29 is 5.11 Å². The van der Waals surface area contributed by atoms with Gasteiger partial charge in [0.2, 0.25) is 0 Å². The Bertz CT molecular complexity index is 488. The number of phenols is 1. The lowest BCUT2D eigenvalue weighted by atomic mass is 10.2. The van der Waals surface area contributed by atoms with E-state index in [1.165, 1.54) is 0 Å². The van der Waals surface area contributed by atoms with Crippen molar-refractivity contribution in [1.82, 2.24) is 10.3 Å². The second kappa shape index (κ2) is 5.66. The van der Waals surface area contributed by atoms with Crippen molar-refractivity contribution in [3.8, 4) is 5.75 Å². The van der Waals surface area contributed by atoms with Crippen LogP contribution in [0.25, 0.3) is 0 Å². The van der Waals surface area contributed by atoms with Crippen LogP contribution in [0.1, 0.15) is 11.1 Å². The minimum Gasteiger partial charge on any atom is -0.506 e. The molecule has 0 unspecified atom stereocenters. The molecule has 0 amide bonds. The van der Waals surface area contributed by atoms with Gasteiger partial charge in [-0.2, -0.15) is 0 Å². The molecule has 2 aromatic rings. The molecule has 0 saturated heterocycles. The van der Waals surface area contributed by atoms with Crippen molar-refractivity contribution in [3.05, 3.63) is 58.9 Å². The van der Waals surface area contributed by atoms with Crippen LogP contribution in [0.3, 0.4) is 0 Å². The number of hydrogen-bond donors (Lipinski definition) is 2. The van der Waals surface area contributed by atoms with Crippen LogP contribution in [0.5, 0.6) is 5.75 Å². The number of aromatic hydroxyl groups is 1. The molecule has 0 aliphatic carbocycles. The summed E-state index contributed by atoms with van der Waals surface area (Å²) in [6, 6.07) is 9.13. The van der Waals surface area contributed by atoms with Crippen LogP contribution in [0.2, 0.25) is 5.02 Å². The summed E-state index contributed by atoms with van der Waals surface area (Å²) < 4.78 is 0. The Morgan fingerprint density at radius 2 is 2.00 bits per heavy atom. The Kier molecular flexibility index (Phi) is 3.96. The van der Waals surface area contributed by atoms with Gasteiger partial charge in [-0.1, -0.05) is 23.7 Å². The van der Waals surface area contributed by atoms with E-state index in [9.17, 15) is 5.11 Å². The first-order valence-electron chi connectivity index (χ1n) is 5.33. The molecular formula is C13H13ClN2O. The highest BCUT2D eigenvalue weighted by atomic mass is 35.5. The average Bonchev–Trinajstić information content (AvgIpc) is 2.35. The number of nitrogens with zero attached hydrogens (tertiary/aromatic N) is 1. The molecule has 4 heteroatoms. The normalized spacial score (nSPS) is 10.4. The highest BCUT2D eigenvalue weighted by Crippen LogP contribution is 2.23. The van der Waals surface area contributed by atoms with Crippen molar-refractivity contribution >= 4 is 11.6 Å². The summed E-state index contributed by atoms with van der Waals surface area (Å²) in [5.41, 5.74) is 2.18. The maximum atomic E-state index is 9.29. The predicted molar refractivity (Wildman–Crippen MR) is 67.9 cm³/mol. The fraction of sp³-hybridized carbons (Fsp3) is 0.154. The van der Waals surface area contributed by atoms with Crippen LogP contribution in [-0.2, 0) is 13.1 Å². The lowest BCUT2D eigenvalue weighted by Crippen LogP contribution is -2.12. The summed E-state index contributed by atoms with van der Waals surface area (Å²) in [7, 11) is 0. The monoisotopic (exact) mass is 248 g/mol. The summed E-state index contributed by atoms with van der Waals surface area (Å²) >= 11 is 5.82. The van der Waals surface area contributed by atoms with E-state index in [0.717, 1.165) is 17.7 Å². The van der Waals surface area contributed by atoms with Gasteiger partial charge in [0.1, 0.15) is 5.75 Å². The first kappa shape index (κ1) is 11.9. The Morgan fingerprint density at radius 1 is 1.18 bits per heavy atom. The highest BCUT2D eigenvalue weighted by Gasteiger charge is 1.99. The van der Waals surface area contributed by atoms with Gasteiger partial charge in [0.05, 0.1) is 5.02 Å². The number of rotatable bonds is 4. The number of hydrogen-bond acceptors (Lipinski definition) is 3. The Morgan fingerprint density at radius 3 is 2.71 bits per heavy atom.